The molecule has 0 radical (unpaired) electrons. The molecule has 0 aromatic carbocycles. The molecule has 2 nitrogen and oxygen atoms in total. The lowest BCUT2D eigenvalue weighted by Crippen LogP contribution is -2.22. The largest absolute Gasteiger partial charge is 0.311 e. The van der Waals surface area contributed by atoms with Crippen LogP contribution < -0.4 is 5.32 Å². The highest BCUT2D eigenvalue weighted by Gasteiger charge is 1.91. The van der Waals surface area contributed by atoms with Crippen LogP contribution in [0, 0.1) is 6.92 Å². The highest BCUT2D eigenvalue weighted by atomic mass is 14.9. The first-order valence-corrected chi connectivity index (χ1v) is 5.00. The van der Waals surface area contributed by atoms with Gasteiger partial charge < -0.3 is 5.32 Å². The summed E-state index contributed by atoms with van der Waals surface area (Å²) in [5.41, 5.74) is 2.46. The van der Waals surface area contributed by atoms with E-state index < -0.39 is 0 Å². The van der Waals surface area contributed by atoms with Crippen molar-refractivity contribution in [2.45, 2.75) is 26.8 Å². The molecule has 1 aromatic heterocycles. The monoisotopic (exact) mass is 190 g/mol. The first kappa shape index (κ1) is 10.9. The van der Waals surface area contributed by atoms with Gasteiger partial charge in [0.2, 0.25) is 0 Å². The highest BCUT2D eigenvalue weighted by Crippen LogP contribution is 2.06. The fourth-order valence-electron chi connectivity index (χ4n) is 1.14. The summed E-state index contributed by atoms with van der Waals surface area (Å²) in [6.45, 7) is 7.29. The molecule has 0 spiro atoms. The smallest absolute Gasteiger partial charge is 0.0342 e. The van der Waals surface area contributed by atoms with Gasteiger partial charge in [-0.25, -0.2) is 0 Å². The number of rotatable bonds is 4. The Morgan fingerprint density at radius 3 is 2.93 bits per heavy atom. The van der Waals surface area contributed by atoms with E-state index in [-0.39, 0.29) is 0 Å². The van der Waals surface area contributed by atoms with Gasteiger partial charge in [-0.3, -0.25) is 4.98 Å². The third-order valence-electron chi connectivity index (χ3n) is 2.02. The van der Waals surface area contributed by atoms with Gasteiger partial charge in [-0.1, -0.05) is 26.0 Å². The van der Waals surface area contributed by atoms with Crippen molar-refractivity contribution in [3.05, 3.63) is 35.7 Å². The van der Waals surface area contributed by atoms with Crippen LogP contribution in [-0.2, 0) is 0 Å². The van der Waals surface area contributed by atoms with Crippen LogP contribution in [0.15, 0.2) is 24.5 Å². The molecule has 0 aliphatic rings. The molecule has 2 heteroatoms. The molecule has 1 N–H and O–H groups in total. The molecule has 0 amide bonds. The maximum absolute atomic E-state index is 4.09. The normalized spacial score (nSPS) is 11.4. The molecule has 1 rings (SSSR count). The van der Waals surface area contributed by atoms with Gasteiger partial charge in [-0.15, -0.1) is 0 Å². The number of aromatic nitrogens is 1. The van der Waals surface area contributed by atoms with Gasteiger partial charge in [0.05, 0.1) is 0 Å². The fraction of sp³-hybridized carbons (Fsp3) is 0.417. The molecular formula is C12H18N2. The van der Waals surface area contributed by atoms with E-state index in [4.69, 9.17) is 0 Å². The third-order valence-corrected chi connectivity index (χ3v) is 2.02. The van der Waals surface area contributed by atoms with E-state index >= 15 is 0 Å². The maximum Gasteiger partial charge on any atom is 0.0342 e. The summed E-state index contributed by atoms with van der Waals surface area (Å²) in [4.78, 5) is 4.09. The maximum atomic E-state index is 4.09. The lowest BCUT2D eigenvalue weighted by Gasteiger charge is -2.03. The fourth-order valence-corrected chi connectivity index (χ4v) is 1.14. The predicted molar refractivity (Wildman–Crippen MR) is 61.1 cm³/mol. The van der Waals surface area contributed by atoms with Crippen molar-refractivity contribution in [1.82, 2.24) is 10.3 Å². The van der Waals surface area contributed by atoms with Crippen LogP contribution in [0.1, 0.15) is 25.0 Å². The number of nitrogens with zero attached hydrogens (tertiary/aromatic N) is 1. The first-order chi connectivity index (χ1) is 6.70. The quantitative estimate of drug-likeness (QED) is 0.788. The average molecular weight is 190 g/mol. The molecule has 0 aliphatic heterocycles. The van der Waals surface area contributed by atoms with Gasteiger partial charge in [0.25, 0.3) is 0 Å². The van der Waals surface area contributed by atoms with Crippen molar-refractivity contribution in [1.29, 1.82) is 0 Å². The summed E-state index contributed by atoms with van der Waals surface area (Å²) in [6.07, 6.45) is 7.95. The zero-order valence-electron chi connectivity index (χ0n) is 9.12. The van der Waals surface area contributed by atoms with Crippen molar-refractivity contribution in [3.8, 4) is 0 Å². The second-order valence-electron chi connectivity index (χ2n) is 3.70. The summed E-state index contributed by atoms with van der Waals surface area (Å²) in [7, 11) is 0. The summed E-state index contributed by atoms with van der Waals surface area (Å²) in [5.74, 6) is 0. The number of hydrogen-bond acceptors (Lipinski definition) is 2. The van der Waals surface area contributed by atoms with E-state index in [2.05, 4.69) is 43.2 Å². The second-order valence-corrected chi connectivity index (χ2v) is 3.70. The molecule has 0 atom stereocenters. The topological polar surface area (TPSA) is 24.9 Å². The summed E-state index contributed by atoms with van der Waals surface area (Å²) in [5, 5.41) is 3.33. The summed E-state index contributed by atoms with van der Waals surface area (Å²) < 4.78 is 0. The molecule has 1 aromatic rings. The minimum atomic E-state index is 0.537. The Kier molecular flexibility index (Phi) is 4.33. The molecular weight excluding hydrogens is 172 g/mol. The Morgan fingerprint density at radius 1 is 1.50 bits per heavy atom. The average Bonchev–Trinajstić information content (AvgIpc) is 2.15. The second kappa shape index (κ2) is 5.55. The van der Waals surface area contributed by atoms with Crippen LogP contribution >= 0.6 is 0 Å². The summed E-state index contributed by atoms with van der Waals surface area (Å²) in [6, 6.07) is 2.56. The lowest BCUT2D eigenvalue weighted by atomic mass is 10.1. The SMILES string of the molecule is Cc1ccncc1/C=C/CNC(C)C. The lowest BCUT2D eigenvalue weighted by molar-refractivity contribution is 0.633. The van der Waals surface area contributed by atoms with Crippen molar-refractivity contribution in [3.63, 3.8) is 0 Å². The Morgan fingerprint density at radius 2 is 2.29 bits per heavy atom. The van der Waals surface area contributed by atoms with Gasteiger partial charge in [0.15, 0.2) is 0 Å². The summed E-state index contributed by atoms with van der Waals surface area (Å²) >= 11 is 0. The van der Waals surface area contributed by atoms with Gasteiger partial charge >= 0.3 is 0 Å². The predicted octanol–water partition coefficient (Wildman–Crippen LogP) is 2.40. The van der Waals surface area contributed by atoms with Gasteiger partial charge in [-0.2, -0.15) is 0 Å². The third kappa shape index (κ3) is 3.71. The van der Waals surface area contributed by atoms with Crippen molar-refractivity contribution in [2.75, 3.05) is 6.54 Å². The molecule has 0 unspecified atom stereocenters. The molecule has 0 saturated heterocycles. The number of aryl methyl sites for hydroxylation is 1. The molecule has 0 bridgehead atoms. The van der Waals surface area contributed by atoms with Crippen LogP contribution in [0.5, 0.6) is 0 Å². The van der Waals surface area contributed by atoms with E-state index in [9.17, 15) is 0 Å². The van der Waals surface area contributed by atoms with Crippen molar-refractivity contribution >= 4 is 6.08 Å². The zero-order valence-corrected chi connectivity index (χ0v) is 9.12. The van der Waals surface area contributed by atoms with Gasteiger partial charge in [0, 0.05) is 25.0 Å². The van der Waals surface area contributed by atoms with E-state index in [0.29, 0.717) is 6.04 Å². The highest BCUT2D eigenvalue weighted by molar-refractivity contribution is 5.51. The number of nitrogens with one attached hydrogen (secondary N) is 1. The minimum absolute atomic E-state index is 0.537. The van der Waals surface area contributed by atoms with Crippen molar-refractivity contribution < 1.29 is 0 Å². The van der Waals surface area contributed by atoms with Crippen molar-refractivity contribution in [2.24, 2.45) is 0 Å². The van der Waals surface area contributed by atoms with Gasteiger partial charge in [0.1, 0.15) is 0 Å². The standard InChI is InChI=1S/C12H18N2/c1-10(2)14-7-4-5-12-9-13-8-6-11(12)3/h4-6,8-10,14H,7H2,1-3H3/b5-4+. The Hall–Kier alpha value is -1.15. The number of hydrogen-bond donors (Lipinski definition) is 1. The molecule has 0 fully saturated rings. The number of pyridine rings is 1. The molecule has 1 heterocycles. The zero-order chi connectivity index (χ0) is 10.4. The van der Waals surface area contributed by atoms with E-state index in [1.165, 1.54) is 11.1 Å². The Balaban J connectivity index is 2.48. The van der Waals surface area contributed by atoms with Gasteiger partial charge in [-0.05, 0) is 24.1 Å². The Bertz CT molecular complexity index is 303. The molecule has 0 aliphatic carbocycles. The van der Waals surface area contributed by atoms with Crippen LogP contribution in [0.25, 0.3) is 6.08 Å². The van der Waals surface area contributed by atoms with E-state index in [0.717, 1.165) is 6.54 Å². The molecule has 14 heavy (non-hydrogen) atoms. The minimum Gasteiger partial charge on any atom is -0.311 e. The molecule has 76 valence electrons. The van der Waals surface area contributed by atoms with Crippen LogP contribution in [-0.4, -0.2) is 17.6 Å². The first-order valence-electron chi connectivity index (χ1n) is 5.00. The van der Waals surface area contributed by atoms with Crippen LogP contribution in [0.2, 0.25) is 0 Å². The van der Waals surface area contributed by atoms with Crippen LogP contribution in [0.3, 0.4) is 0 Å². The van der Waals surface area contributed by atoms with Crippen LogP contribution in [0.4, 0.5) is 0 Å². The van der Waals surface area contributed by atoms with E-state index in [1.807, 2.05) is 18.5 Å². The molecule has 0 saturated carbocycles. The Labute approximate surface area is 86.1 Å². The van der Waals surface area contributed by atoms with E-state index in [1.54, 1.807) is 0 Å².